The lowest BCUT2D eigenvalue weighted by molar-refractivity contribution is -0.124. The van der Waals surface area contributed by atoms with Gasteiger partial charge in [-0.1, -0.05) is 0 Å². The van der Waals surface area contributed by atoms with Crippen LogP contribution in [0.1, 0.15) is 45.4 Å². The summed E-state index contributed by atoms with van der Waals surface area (Å²) in [6, 6.07) is 0. The Labute approximate surface area is 90.2 Å². The molecular formula is C11H19NO3. The summed E-state index contributed by atoms with van der Waals surface area (Å²) in [6.07, 6.45) is 2.37. The normalized spacial score (nSPS) is 10.0. The fourth-order valence-corrected chi connectivity index (χ4v) is 1.22. The molecule has 86 valence electrons. The number of carbonyl (C=O) groups excluding carboxylic acids is 3. The molecule has 0 atom stereocenters. The monoisotopic (exact) mass is 213 g/mol. The van der Waals surface area contributed by atoms with Crippen molar-refractivity contribution in [3.63, 3.8) is 0 Å². The van der Waals surface area contributed by atoms with Gasteiger partial charge in [0.1, 0.15) is 17.3 Å². The number of hydrogen-bond donors (Lipinski definition) is 1. The molecule has 15 heavy (non-hydrogen) atoms. The van der Waals surface area contributed by atoms with Gasteiger partial charge in [-0.25, -0.2) is 0 Å². The fraction of sp³-hybridized carbons (Fsp3) is 0.727. The Morgan fingerprint density at radius 2 is 1.40 bits per heavy atom. The van der Waals surface area contributed by atoms with E-state index in [2.05, 4.69) is 0 Å². The Morgan fingerprint density at radius 3 is 1.87 bits per heavy atom. The smallest absolute Gasteiger partial charge is 0.134 e. The zero-order chi connectivity index (χ0) is 11.7. The summed E-state index contributed by atoms with van der Waals surface area (Å²) in [5, 5.41) is 0. The van der Waals surface area contributed by atoms with Gasteiger partial charge in [0, 0.05) is 32.1 Å². The lowest BCUT2D eigenvalue weighted by Gasteiger charge is -1.99. The van der Waals surface area contributed by atoms with Crippen LogP contribution in [0.5, 0.6) is 0 Å². The molecule has 0 aromatic carbocycles. The van der Waals surface area contributed by atoms with Crippen molar-refractivity contribution in [3.05, 3.63) is 0 Å². The van der Waals surface area contributed by atoms with E-state index in [1.807, 2.05) is 0 Å². The quantitative estimate of drug-likeness (QED) is 0.620. The zero-order valence-electron chi connectivity index (χ0n) is 9.25. The van der Waals surface area contributed by atoms with Crippen LogP contribution >= 0.6 is 0 Å². The maximum Gasteiger partial charge on any atom is 0.134 e. The minimum atomic E-state index is 0.0393. The zero-order valence-corrected chi connectivity index (χ0v) is 9.25. The van der Waals surface area contributed by atoms with Crippen molar-refractivity contribution in [1.29, 1.82) is 0 Å². The molecule has 0 radical (unpaired) electrons. The van der Waals surface area contributed by atoms with Crippen LogP contribution in [0, 0.1) is 0 Å². The number of nitrogens with two attached hydrogens (primary N) is 1. The first-order chi connectivity index (χ1) is 7.06. The number of hydrogen-bond acceptors (Lipinski definition) is 4. The molecule has 0 aliphatic rings. The second-order valence-electron chi connectivity index (χ2n) is 3.67. The lowest BCUT2D eigenvalue weighted by Crippen LogP contribution is -2.09. The van der Waals surface area contributed by atoms with Crippen LogP contribution in [0.4, 0.5) is 0 Å². The van der Waals surface area contributed by atoms with Crippen molar-refractivity contribution in [2.24, 2.45) is 5.73 Å². The maximum atomic E-state index is 11.2. The van der Waals surface area contributed by atoms with Crippen molar-refractivity contribution in [2.45, 2.75) is 45.4 Å². The minimum absolute atomic E-state index is 0.0393. The number of rotatable bonds is 9. The van der Waals surface area contributed by atoms with E-state index in [0.717, 1.165) is 0 Å². The van der Waals surface area contributed by atoms with Gasteiger partial charge in [0.05, 0.1) is 0 Å². The fourth-order valence-electron chi connectivity index (χ4n) is 1.22. The molecule has 4 heteroatoms. The highest BCUT2D eigenvalue weighted by molar-refractivity contribution is 5.86. The molecule has 0 aliphatic carbocycles. The van der Waals surface area contributed by atoms with Crippen LogP contribution in [0.3, 0.4) is 0 Å². The summed E-state index contributed by atoms with van der Waals surface area (Å²) < 4.78 is 0. The first-order valence-electron chi connectivity index (χ1n) is 5.29. The van der Waals surface area contributed by atoms with Crippen molar-refractivity contribution in [3.8, 4) is 0 Å². The summed E-state index contributed by atoms with van der Waals surface area (Å²) >= 11 is 0. The van der Waals surface area contributed by atoms with E-state index < -0.39 is 0 Å². The van der Waals surface area contributed by atoms with E-state index in [1.54, 1.807) is 0 Å². The first-order valence-corrected chi connectivity index (χ1v) is 5.29. The molecule has 0 fully saturated rings. The molecule has 0 saturated heterocycles. The van der Waals surface area contributed by atoms with Crippen LogP contribution in [-0.4, -0.2) is 23.9 Å². The Balaban J connectivity index is 3.49. The van der Waals surface area contributed by atoms with Gasteiger partial charge in [-0.15, -0.1) is 0 Å². The topological polar surface area (TPSA) is 77.2 Å². The van der Waals surface area contributed by atoms with Gasteiger partial charge >= 0.3 is 0 Å². The molecule has 0 aromatic heterocycles. The molecule has 0 heterocycles. The van der Waals surface area contributed by atoms with Crippen LogP contribution in [0.15, 0.2) is 0 Å². The molecule has 0 bridgehead atoms. The molecule has 0 rings (SSSR count). The highest BCUT2D eigenvalue weighted by Crippen LogP contribution is 2.03. The molecule has 0 saturated carbocycles. The van der Waals surface area contributed by atoms with Gasteiger partial charge in [-0.05, 0) is 19.9 Å². The van der Waals surface area contributed by atoms with Crippen LogP contribution in [0.2, 0.25) is 0 Å². The van der Waals surface area contributed by atoms with Gasteiger partial charge < -0.3 is 10.5 Å². The Hall–Kier alpha value is -1.03. The Morgan fingerprint density at radius 1 is 0.867 bits per heavy atom. The molecule has 4 nitrogen and oxygen atoms in total. The van der Waals surface area contributed by atoms with E-state index >= 15 is 0 Å². The minimum Gasteiger partial charge on any atom is -0.330 e. The van der Waals surface area contributed by atoms with Crippen molar-refractivity contribution < 1.29 is 14.4 Å². The van der Waals surface area contributed by atoms with Crippen molar-refractivity contribution >= 4 is 17.3 Å². The molecule has 0 amide bonds. The second-order valence-corrected chi connectivity index (χ2v) is 3.67. The summed E-state index contributed by atoms with van der Waals surface area (Å²) in [5.41, 5.74) is 5.21. The molecule has 2 N–H and O–H groups in total. The molecule has 0 aromatic rings. The van der Waals surface area contributed by atoms with Crippen molar-refractivity contribution in [2.75, 3.05) is 6.54 Å². The second kappa shape index (κ2) is 8.29. The molecule has 0 unspecified atom stereocenters. The van der Waals surface area contributed by atoms with E-state index in [9.17, 15) is 14.4 Å². The van der Waals surface area contributed by atoms with E-state index in [0.29, 0.717) is 32.2 Å². The molecule has 0 aliphatic heterocycles. The van der Waals surface area contributed by atoms with Crippen LogP contribution in [-0.2, 0) is 14.4 Å². The standard InChI is InChI=1S/C11H19NO3/c1-9(13)3-2-4-10(14)5-6-11(15)7-8-12/h2-8,12H2,1H3. The first kappa shape index (κ1) is 14.0. The van der Waals surface area contributed by atoms with E-state index in [-0.39, 0.29) is 30.2 Å². The predicted molar refractivity (Wildman–Crippen MR) is 57.5 cm³/mol. The molecular weight excluding hydrogens is 194 g/mol. The lowest BCUT2D eigenvalue weighted by atomic mass is 10.1. The van der Waals surface area contributed by atoms with Gasteiger partial charge in [-0.2, -0.15) is 0 Å². The van der Waals surface area contributed by atoms with Crippen LogP contribution < -0.4 is 5.73 Å². The average Bonchev–Trinajstić information content (AvgIpc) is 2.14. The highest BCUT2D eigenvalue weighted by atomic mass is 16.1. The largest absolute Gasteiger partial charge is 0.330 e. The van der Waals surface area contributed by atoms with Gasteiger partial charge in [-0.3, -0.25) is 9.59 Å². The number of carbonyl (C=O) groups is 3. The van der Waals surface area contributed by atoms with Crippen molar-refractivity contribution in [1.82, 2.24) is 0 Å². The SMILES string of the molecule is CC(=O)CCCC(=O)CCC(=O)CCN. The third-order valence-corrected chi connectivity index (χ3v) is 2.09. The average molecular weight is 213 g/mol. The summed E-state index contributed by atoms with van der Waals surface area (Å²) in [4.78, 5) is 32.9. The summed E-state index contributed by atoms with van der Waals surface area (Å²) in [5.74, 6) is 0.195. The summed E-state index contributed by atoms with van der Waals surface area (Å²) in [7, 11) is 0. The Kier molecular flexibility index (Phi) is 7.72. The predicted octanol–water partition coefficient (Wildman–Crippen LogP) is 1.01. The highest BCUT2D eigenvalue weighted by Gasteiger charge is 2.06. The van der Waals surface area contributed by atoms with E-state index in [1.165, 1.54) is 6.92 Å². The third-order valence-electron chi connectivity index (χ3n) is 2.09. The van der Waals surface area contributed by atoms with Crippen LogP contribution in [0.25, 0.3) is 0 Å². The maximum absolute atomic E-state index is 11.2. The molecule has 0 spiro atoms. The summed E-state index contributed by atoms with van der Waals surface area (Å²) in [6.45, 7) is 1.85. The van der Waals surface area contributed by atoms with Gasteiger partial charge in [0.15, 0.2) is 0 Å². The third kappa shape index (κ3) is 9.28. The number of ketones is 3. The van der Waals surface area contributed by atoms with Gasteiger partial charge in [0.2, 0.25) is 0 Å². The number of Topliss-reactive ketones (excluding diaryl/α,β-unsaturated/α-hetero) is 3. The van der Waals surface area contributed by atoms with E-state index in [4.69, 9.17) is 5.73 Å². The Bertz CT molecular complexity index is 236. The van der Waals surface area contributed by atoms with Gasteiger partial charge in [0.25, 0.3) is 0 Å².